The Morgan fingerprint density at radius 2 is 2.05 bits per heavy atom. The summed E-state index contributed by atoms with van der Waals surface area (Å²) >= 11 is 0. The first-order valence-electron chi connectivity index (χ1n) is 8.00. The summed E-state index contributed by atoms with van der Waals surface area (Å²) in [5, 5.41) is 3.20. The molecule has 2 aliphatic rings. The number of aryl methyl sites for hydroxylation is 1. The van der Waals surface area contributed by atoms with Crippen LogP contribution in [0.3, 0.4) is 0 Å². The fraction of sp³-hybridized carbons (Fsp3) is 0.368. The van der Waals surface area contributed by atoms with Gasteiger partial charge < -0.3 is 10.2 Å². The number of nitrogens with zero attached hydrogens (tertiary/aromatic N) is 1. The van der Waals surface area contributed by atoms with Crippen LogP contribution >= 0.6 is 0 Å². The Bertz CT molecular complexity index is 725. The molecule has 0 spiro atoms. The van der Waals surface area contributed by atoms with Gasteiger partial charge in [0.25, 0.3) is 0 Å². The lowest BCUT2D eigenvalue weighted by Crippen LogP contribution is -2.56. The molecule has 2 heterocycles. The summed E-state index contributed by atoms with van der Waals surface area (Å²) in [6.45, 7) is 3.12. The van der Waals surface area contributed by atoms with E-state index < -0.39 is 6.17 Å². The monoisotopic (exact) mass is 296 g/mol. The number of nitrogens with one attached hydrogen (secondary N) is 1. The molecule has 2 unspecified atom stereocenters. The minimum atomic E-state index is -0.707. The maximum atomic E-state index is 14.1. The number of rotatable bonds is 2. The minimum absolute atomic E-state index is 0.104. The molecule has 3 heteroatoms. The molecule has 0 amide bonds. The van der Waals surface area contributed by atoms with Crippen LogP contribution < -0.4 is 10.2 Å². The smallest absolute Gasteiger partial charge is 0.124 e. The quantitative estimate of drug-likeness (QED) is 0.894. The second kappa shape index (κ2) is 5.01. The molecule has 114 valence electrons. The molecule has 2 aliphatic heterocycles. The summed E-state index contributed by atoms with van der Waals surface area (Å²) in [7, 11) is 1.94. The van der Waals surface area contributed by atoms with E-state index in [0.717, 1.165) is 24.2 Å². The van der Waals surface area contributed by atoms with Crippen LogP contribution in [0, 0.1) is 6.92 Å². The first-order chi connectivity index (χ1) is 10.7. The standard InChI is InChI=1S/C19H21FN2/c1-12-3-6-15(21-2)11-16(12)13-4-5-14-9-17(20)18-7-8-22(18)19(14)10-13/h3-6,10-11,17-18,21H,7-9H2,1-2H3. The third-order valence-electron chi connectivity index (χ3n) is 5.13. The molecule has 1 fully saturated rings. The van der Waals surface area contributed by atoms with E-state index in [1.165, 1.54) is 22.4 Å². The van der Waals surface area contributed by atoms with Crippen molar-refractivity contribution >= 4 is 11.4 Å². The largest absolute Gasteiger partial charge is 0.388 e. The summed E-state index contributed by atoms with van der Waals surface area (Å²) in [4.78, 5) is 2.24. The summed E-state index contributed by atoms with van der Waals surface area (Å²) in [6.07, 6.45) is 0.840. The Morgan fingerprint density at radius 1 is 1.18 bits per heavy atom. The zero-order chi connectivity index (χ0) is 15.3. The van der Waals surface area contributed by atoms with Crippen molar-refractivity contribution in [1.29, 1.82) is 0 Å². The topological polar surface area (TPSA) is 15.3 Å². The molecule has 0 bridgehead atoms. The van der Waals surface area contributed by atoms with Crippen LogP contribution in [-0.4, -0.2) is 25.8 Å². The van der Waals surface area contributed by atoms with E-state index in [0.29, 0.717) is 6.42 Å². The molecule has 22 heavy (non-hydrogen) atoms. The lowest BCUT2D eigenvalue weighted by molar-refractivity contribution is 0.214. The third-order valence-corrected chi connectivity index (χ3v) is 5.13. The summed E-state index contributed by atoms with van der Waals surface area (Å²) < 4.78 is 14.1. The van der Waals surface area contributed by atoms with Gasteiger partial charge in [0.05, 0.1) is 6.04 Å². The van der Waals surface area contributed by atoms with Gasteiger partial charge >= 0.3 is 0 Å². The molecule has 4 rings (SSSR count). The molecule has 0 saturated carbocycles. The van der Waals surface area contributed by atoms with Gasteiger partial charge in [-0.15, -0.1) is 0 Å². The number of alkyl halides is 1. The molecule has 2 aromatic rings. The Morgan fingerprint density at radius 3 is 2.77 bits per heavy atom. The van der Waals surface area contributed by atoms with Crippen molar-refractivity contribution in [2.75, 3.05) is 23.8 Å². The predicted molar refractivity (Wildman–Crippen MR) is 90.5 cm³/mol. The van der Waals surface area contributed by atoms with Crippen LogP contribution in [0.5, 0.6) is 0 Å². The average Bonchev–Trinajstić information content (AvgIpc) is 2.47. The van der Waals surface area contributed by atoms with Gasteiger partial charge in [-0.2, -0.15) is 0 Å². The van der Waals surface area contributed by atoms with Gasteiger partial charge in [-0.25, -0.2) is 4.39 Å². The highest BCUT2D eigenvalue weighted by atomic mass is 19.1. The Balaban J connectivity index is 1.79. The zero-order valence-corrected chi connectivity index (χ0v) is 13.1. The van der Waals surface area contributed by atoms with E-state index >= 15 is 0 Å². The van der Waals surface area contributed by atoms with Crippen LogP contribution in [0.4, 0.5) is 15.8 Å². The Hall–Kier alpha value is -2.03. The Kier molecular flexibility index (Phi) is 3.10. The SMILES string of the molecule is CNc1ccc(C)c(-c2ccc3c(c2)N2CCC2C(F)C3)c1. The van der Waals surface area contributed by atoms with E-state index in [-0.39, 0.29) is 6.04 Å². The molecule has 0 aromatic heterocycles. The molecule has 2 aromatic carbocycles. The normalized spacial score (nSPS) is 22.6. The molecular formula is C19H21FN2. The van der Waals surface area contributed by atoms with Crippen LogP contribution in [-0.2, 0) is 6.42 Å². The number of anilines is 2. The number of benzene rings is 2. The molecular weight excluding hydrogens is 275 g/mol. The van der Waals surface area contributed by atoms with Crippen LogP contribution in [0.25, 0.3) is 11.1 Å². The van der Waals surface area contributed by atoms with Crippen molar-refractivity contribution in [2.24, 2.45) is 0 Å². The van der Waals surface area contributed by atoms with Crippen molar-refractivity contribution in [2.45, 2.75) is 32.0 Å². The second-order valence-electron chi connectivity index (χ2n) is 6.39. The van der Waals surface area contributed by atoms with E-state index in [4.69, 9.17) is 0 Å². The fourth-order valence-electron chi connectivity index (χ4n) is 3.69. The van der Waals surface area contributed by atoms with E-state index in [1.54, 1.807) is 0 Å². The molecule has 0 radical (unpaired) electrons. The van der Waals surface area contributed by atoms with E-state index in [1.807, 2.05) is 7.05 Å². The zero-order valence-electron chi connectivity index (χ0n) is 13.1. The Labute approximate surface area is 131 Å². The van der Waals surface area contributed by atoms with Gasteiger partial charge in [-0.3, -0.25) is 0 Å². The third kappa shape index (κ3) is 1.99. The van der Waals surface area contributed by atoms with Gasteiger partial charge in [-0.1, -0.05) is 18.2 Å². The number of hydrogen-bond acceptors (Lipinski definition) is 2. The molecule has 1 N–H and O–H groups in total. The first kappa shape index (κ1) is 13.6. The molecule has 1 saturated heterocycles. The van der Waals surface area contributed by atoms with Crippen molar-refractivity contribution < 1.29 is 4.39 Å². The van der Waals surface area contributed by atoms with Gasteiger partial charge in [-0.05, 0) is 53.8 Å². The number of hydrogen-bond donors (Lipinski definition) is 1. The lowest BCUT2D eigenvalue weighted by atomic mass is 9.85. The van der Waals surface area contributed by atoms with Crippen LogP contribution in [0.15, 0.2) is 36.4 Å². The van der Waals surface area contributed by atoms with E-state index in [2.05, 4.69) is 53.5 Å². The molecule has 2 nitrogen and oxygen atoms in total. The second-order valence-corrected chi connectivity index (χ2v) is 6.39. The van der Waals surface area contributed by atoms with Crippen molar-refractivity contribution in [3.8, 4) is 11.1 Å². The highest BCUT2D eigenvalue weighted by Gasteiger charge is 2.40. The highest BCUT2D eigenvalue weighted by molar-refractivity contribution is 5.76. The maximum absolute atomic E-state index is 14.1. The van der Waals surface area contributed by atoms with Gasteiger partial charge in [0.2, 0.25) is 0 Å². The molecule has 2 atom stereocenters. The fourth-order valence-corrected chi connectivity index (χ4v) is 3.69. The first-order valence-corrected chi connectivity index (χ1v) is 8.00. The van der Waals surface area contributed by atoms with Gasteiger partial charge in [0, 0.05) is 31.4 Å². The molecule has 0 aliphatic carbocycles. The summed E-state index contributed by atoms with van der Waals surface area (Å²) in [5.41, 5.74) is 7.22. The van der Waals surface area contributed by atoms with Crippen LogP contribution in [0.2, 0.25) is 0 Å². The minimum Gasteiger partial charge on any atom is -0.388 e. The van der Waals surface area contributed by atoms with Gasteiger partial charge in [0.1, 0.15) is 6.17 Å². The highest BCUT2D eigenvalue weighted by Crippen LogP contribution is 2.41. The number of fused-ring (bicyclic) bond motifs is 3. The predicted octanol–water partition coefficient (Wildman–Crippen LogP) is 4.18. The van der Waals surface area contributed by atoms with Crippen molar-refractivity contribution in [3.63, 3.8) is 0 Å². The average molecular weight is 296 g/mol. The van der Waals surface area contributed by atoms with Gasteiger partial charge in [0.15, 0.2) is 0 Å². The van der Waals surface area contributed by atoms with E-state index in [9.17, 15) is 4.39 Å². The summed E-state index contributed by atoms with van der Waals surface area (Å²) in [5.74, 6) is 0. The summed E-state index contributed by atoms with van der Waals surface area (Å²) in [6, 6.07) is 13.0. The maximum Gasteiger partial charge on any atom is 0.124 e. The number of halogens is 1. The van der Waals surface area contributed by atoms with Crippen LogP contribution in [0.1, 0.15) is 17.5 Å². The lowest BCUT2D eigenvalue weighted by Gasteiger charge is -2.48. The van der Waals surface area contributed by atoms with Crippen molar-refractivity contribution in [1.82, 2.24) is 0 Å². The van der Waals surface area contributed by atoms with Crippen molar-refractivity contribution in [3.05, 3.63) is 47.5 Å².